The number of carbonyl (C=O) groups is 1. The largest absolute Gasteiger partial charge is 0.480 e. The average Bonchev–Trinajstić information content (AvgIpc) is 2.07. The summed E-state index contributed by atoms with van der Waals surface area (Å²) in [7, 11) is 1.49. The maximum absolute atomic E-state index is 11.2. The molecule has 13 heavy (non-hydrogen) atoms. The van der Waals surface area contributed by atoms with Crippen LogP contribution in [0.3, 0.4) is 0 Å². The van der Waals surface area contributed by atoms with Gasteiger partial charge in [0.05, 0.1) is 0 Å². The van der Waals surface area contributed by atoms with Crippen molar-refractivity contribution in [3.05, 3.63) is 22.6 Å². The number of aliphatic carboxylic acids is 1. The number of hydrogen-bond donors (Lipinski definition) is 2. The number of aromatic nitrogens is 2. The minimum absolute atomic E-state index is 0.236. The van der Waals surface area contributed by atoms with Gasteiger partial charge in [-0.3, -0.25) is 9.59 Å². The van der Waals surface area contributed by atoms with E-state index in [1.54, 1.807) is 0 Å². The minimum Gasteiger partial charge on any atom is -0.480 e. The van der Waals surface area contributed by atoms with Gasteiger partial charge in [-0.1, -0.05) is 0 Å². The fraction of sp³-hybridized carbons (Fsp3) is 0.286. The van der Waals surface area contributed by atoms with Crippen LogP contribution < -0.4 is 10.9 Å². The van der Waals surface area contributed by atoms with E-state index in [0.29, 0.717) is 0 Å². The normalized spacial score (nSPS) is 9.62. The molecule has 0 unspecified atom stereocenters. The first-order chi connectivity index (χ1) is 6.11. The summed E-state index contributed by atoms with van der Waals surface area (Å²) < 4.78 is 1.13. The summed E-state index contributed by atoms with van der Waals surface area (Å²) in [6.07, 6.45) is 1.42. The third-order valence-corrected chi connectivity index (χ3v) is 1.44. The van der Waals surface area contributed by atoms with E-state index < -0.39 is 5.97 Å². The van der Waals surface area contributed by atoms with Gasteiger partial charge in [-0.2, -0.15) is 5.10 Å². The Hall–Kier alpha value is -1.85. The summed E-state index contributed by atoms with van der Waals surface area (Å²) >= 11 is 0. The molecule has 0 fully saturated rings. The first kappa shape index (κ1) is 9.24. The molecule has 70 valence electrons. The second kappa shape index (κ2) is 3.70. The lowest BCUT2D eigenvalue weighted by Crippen LogP contribution is -2.24. The first-order valence-corrected chi connectivity index (χ1v) is 3.59. The Morgan fingerprint density at radius 2 is 2.46 bits per heavy atom. The topological polar surface area (TPSA) is 84.2 Å². The van der Waals surface area contributed by atoms with Crippen LogP contribution >= 0.6 is 0 Å². The number of nitrogens with zero attached hydrogens (tertiary/aromatic N) is 2. The fourth-order valence-corrected chi connectivity index (χ4v) is 0.811. The molecule has 1 heterocycles. The molecular formula is C7H9N3O3. The van der Waals surface area contributed by atoms with Gasteiger partial charge in [0.2, 0.25) is 0 Å². The number of anilines is 1. The third kappa shape index (κ3) is 2.29. The summed E-state index contributed by atoms with van der Waals surface area (Å²) in [5, 5.41) is 14.5. The maximum Gasteiger partial charge on any atom is 0.322 e. The SMILES string of the molecule is Cn1nccc(NCC(=O)O)c1=O. The Kier molecular flexibility index (Phi) is 2.63. The second-order valence-corrected chi connectivity index (χ2v) is 2.42. The highest BCUT2D eigenvalue weighted by atomic mass is 16.4. The van der Waals surface area contributed by atoms with Crippen molar-refractivity contribution < 1.29 is 9.90 Å². The van der Waals surface area contributed by atoms with Gasteiger partial charge < -0.3 is 10.4 Å². The average molecular weight is 183 g/mol. The van der Waals surface area contributed by atoms with Crippen LogP contribution in [0.2, 0.25) is 0 Å². The predicted octanol–water partition coefficient (Wildman–Crippen LogP) is -0.723. The zero-order chi connectivity index (χ0) is 9.84. The van der Waals surface area contributed by atoms with Gasteiger partial charge in [0.15, 0.2) is 0 Å². The van der Waals surface area contributed by atoms with Crippen molar-refractivity contribution in [3.8, 4) is 0 Å². The molecule has 0 saturated heterocycles. The fourth-order valence-electron chi connectivity index (χ4n) is 0.811. The van der Waals surface area contributed by atoms with Crippen LogP contribution in [0.5, 0.6) is 0 Å². The van der Waals surface area contributed by atoms with E-state index in [9.17, 15) is 9.59 Å². The highest BCUT2D eigenvalue weighted by Crippen LogP contribution is 1.93. The van der Waals surface area contributed by atoms with Crippen LogP contribution in [-0.4, -0.2) is 27.4 Å². The summed E-state index contributed by atoms with van der Waals surface area (Å²) in [5.41, 5.74) is -0.108. The van der Waals surface area contributed by atoms with Gasteiger partial charge in [-0.15, -0.1) is 0 Å². The number of nitrogens with one attached hydrogen (secondary N) is 1. The smallest absolute Gasteiger partial charge is 0.322 e. The lowest BCUT2D eigenvalue weighted by Gasteiger charge is -2.02. The Morgan fingerprint density at radius 3 is 3.08 bits per heavy atom. The Balaban J connectivity index is 2.84. The van der Waals surface area contributed by atoms with E-state index >= 15 is 0 Å². The molecule has 0 bridgehead atoms. The third-order valence-electron chi connectivity index (χ3n) is 1.44. The number of aryl methyl sites for hydroxylation is 1. The molecule has 0 radical (unpaired) electrons. The van der Waals surface area contributed by atoms with Crippen molar-refractivity contribution in [2.75, 3.05) is 11.9 Å². The summed E-state index contributed by atoms with van der Waals surface area (Å²) in [5.74, 6) is -1.01. The summed E-state index contributed by atoms with van der Waals surface area (Å²) in [6.45, 7) is -0.279. The monoisotopic (exact) mass is 183 g/mol. The van der Waals surface area contributed by atoms with Crippen LogP contribution in [-0.2, 0) is 11.8 Å². The molecule has 2 N–H and O–H groups in total. The van der Waals surface area contributed by atoms with E-state index in [4.69, 9.17) is 5.11 Å². The maximum atomic E-state index is 11.2. The van der Waals surface area contributed by atoms with Gasteiger partial charge in [0, 0.05) is 13.2 Å². The molecule has 1 aromatic rings. The molecule has 0 amide bonds. The van der Waals surface area contributed by atoms with Crippen LogP contribution in [0.25, 0.3) is 0 Å². The molecule has 1 rings (SSSR count). The lowest BCUT2D eigenvalue weighted by molar-refractivity contribution is -0.134. The Morgan fingerprint density at radius 1 is 1.77 bits per heavy atom. The summed E-state index contributed by atoms with van der Waals surface area (Å²) in [6, 6.07) is 1.44. The van der Waals surface area contributed by atoms with Crippen LogP contribution in [0.15, 0.2) is 17.1 Å². The van der Waals surface area contributed by atoms with Crippen LogP contribution in [0.1, 0.15) is 0 Å². The van der Waals surface area contributed by atoms with Crippen molar-refractivity contribution in [1.82, 2.24) is 9.78 Å². The van der Waals surface area contributed by atoms with Crippen molar-refractivity contribution in [2.45, 2.75) is 0 Å². The van der Waals surface area contributed by atoms with Crippen molar-refractivity contribution in [2.24, 2.45) is 7.05 Å². The van der Waals surface area contributed by atoms with Crippen LogP contribution in [0, 0.1) is 0 Å². The predicted molar refractivity (Wildman–Crippen MR) is 45.6 cm³/mol. The number of carboxylic acids is 1. The van der Waals surface area contributed by atoms with Crippen molar-refractivity contribution in [1.29, 1.82) is 0 Å². The van der Waals surface area contributed by atoms with Gasteiger partial charge >= 0.3 is 5.97 Å². The molecule has 0 aliphatic carbocycles. The zero-order valence-electron chi connectivity index (χ0n) is 7.02. The van der Waals surface area contributed by atoms with Gasteiger partial charge in [0.1, 0.15) is 12.2 Å². The van der Waals surface area contributed by atoms with E-state index in [1.807, 2.05) is 0 Å². The van der Waals surface area contributed by atoms with Gasteiger partial charge in [-0.25, -0.2) is 4.68 Å². The van der Waals surface area contributed by atoms with Gasteiger partial charge in [-0.05, 0) is 6.07 Å². The number of carboxylic acid groups (broad SMARTS) is 1. The highest BCUT2D eigenvalue weighted by molar-refractivity contribution is 5.72. The quantitative estimate of drug-likeness (QED) is 0.645. The number of rotatable bonds is 3. The lowest BCUT2D eigenvalue weighted by atomic mass is 10.4. The molecule has 0 aromatic carbocycles. The molecule has 0 saturated carbocycles. The molecule has 0 aliphatic rings. The van der Waals surface area contributed by atoms with E-state index in [1.165, 1.54) is 19.3 Å². The zero-order valence-corrected chi connectivity index (χ0v) is 7.02. The first-order valence-electron chi connectivity index (χ1n) is 3.59. The minimum atomic E-state index is -1.01. The van der Waals surface area contributed by atoms with Crippen molar-refractivity contribution in [3.63, 3.8) is 0 Å². The summed E-state index contributed by atoms with van der Waals surface area (Å²) in [4.78, 5) is 21.4. The molecule has 6 nitrogen and oxygen atoms in total. The van der Waals surface area contributed by atoms with E-state index in [-0.39, 0.29) is 17.8 Å². The van der Waals surface area contributed by atoms with Crippen LogP contribution in [0.4, 0.5) is 5.69 Å². The standard InChI is InChI=1S/C7H9N3O3/c1-10-7(13)5(2-3-9-10)8-4-6(11)12/h2-3,8H,4H2,1H3,(H,11,12). The molecule has 0 aliphatic heterocycles. The van der Waals surface area contributed by atoms with E-state index in [0.717, 1.165) is 4.68 Å². The Bertz CT molecular complexity index is 371. The highest BCUT2D eigenvalue weighted by Gasteiger charge is 2.02. The van der Waals surface area contributed by atoms with Gasteiger partial charge in [0.25, 0.3) is 5.56 Å². The molecule has 6 heteroatoms. The van der Waals surface area contributed by atoms with Crippen molar-refractivity contribution >= 4 is 11.7 Å². The second-order valence-electron chi connectivity index (χ2n) is 2.42. The molecule has 0 atom stereocenters. The molecular weight excluding hydrogens is 174 g/mol. The van der Waals surface area contributed by atoms with E-state index in [2.05, 4.69) is 10.4 Å². The molecule has 0 spiro atoms. The molecule has 1 aromatic heterocycles. The number of hydrogen-bond acceptors (Lipinski definition) is 4. The Labute approximate surface area is 73.8 Å².